The van der Waals surface area contributed by atoms with E-state index in [0.717, 1.165) is 24.6 Å². The van der Waals surface area contributed by atoms with Crippen molar-refractivity contribution < 1.29 is 0 Å². The summed E-state index contributed by atoms with van der Waals surface area (Å²) < 4.78 is 3.61. The number of likely N-dealkylation sites (N-methyl/N-ethyl adjacent to an activating group) is 1. The van der Waals surface area contributed by atoms with Crippen LogP contribution in [0.1, 0.15) is 5.69 Å². The van der Waals surface area contributed by atoms with Crippen molar-refractivity contribution in [1.82, 2.24) is 29.8 Å². The van der Waals surface area contributed by atoms with Crippen LogP contribution in [0, 0.1) is 6.92 Å². The van der Waals surface area contributed by atoms with Crippen LogP contribution in [0.2, 0.25) is 0 Å². The summed E-state index contributed by atoms with van der Waals surface area (Å²) in [5.41, 5.74) is 0.956. The molecule has 3 aromatic heterocycles. The second-order valence-corrected chi connectivity index (χ2v) is 4.84. The van der Waals surface area contributed by atoms with Crippen LogP contribution in [-0.4, -0.2) is 43.4 Å². The normalized spacial score (nSPS) is 10.8. The van der Waals surface area contributed by atoms with Crippen LogP contribution in [0.3, 0.4) is 0 Å². The summed E-state index contributed by atoms with van der Waals surface area (Å²) in [6.45, 7) is 3.57. The van der Waals surface area contributed by atoms with Gasteiger partial charge in [-0.1, -0.05) is 0 Å². The Morgan fingerprint density at radius 2 is 2.05 bits per heavy atom. The Balaban J connectivity index is 1.66. The predicted molar refractivity (Wildman–Crippen MR) is 79.4 cm³/mol. The Hall–Kier alpha value is -2.70. The van der Waals surface area contributed by atoms with Crippen molar-refractivity contribution in [2.24, 2.45) is 0 Å². The molecule has 108 valence electrons. The molecule has 7 heteroatoms. The van der Waals surface area contributed by atoms with E-state index >= 15 is 0 Å². The van der Waals surface area contributed by atoms with Crippen LogP contribution in [0.15, 0.2) is 42.9 Å². The van der Waals surface area contributed by atoms with E-state index in [1.54, 1.807) is 10.9 Å². The molecule has 0 saturated heterocycles. The van der Waals surface area contributed by atoms with Crippen molar-refractivity contribution in [3.05, 3.63) is 48.5 Å². The van der Waals surface area contributed by atoms with E-state index in [2.05, 4.69) is 20.4 Å². The zero-order chi connectivity index (χ0) is 14.7. The molecule has 0 atom stereocenters. The third kappa shape index (κ3) is 3.07. The molecular weight excluding hydrogens is 266 g/mol. The molecule has 21 heavy (non-hydrogen) atoms. The molecule has 3 heterocycles. The van der Waals surface area contributed by atoms with Crippen molar-refractivity contribution >= 4 is 5.82 Å². The largest absolute Gasteiger partial charge is 0.356 e. The lowest BCUT2D eigenvalue weighted by atomic mass is 10.4. The molecule has 0 aliphatic heterocycles. The van der Waals surface area contributed by atoms with Crippen LogP contribution < -0.4 is 4.90 Å². The SMILES string of the molecule is Cc1ccn(-c2ccc(N(C)CCn3cccn3)nn2)n1. The van der Waals surface area contributed by atoms with E-state index < -0.39 is 0 Å². The third-order valence-electron chi connectivity index (χ3n) is 3.21. The van der Waals surface area contributed by atoms with Gasteiger partial charge < -0.3 is 4.90 Å². The minimum absolute atomic E-state index is 0.715. The van der Waals surface area contributed by atoms with Crippen LogP contribution in [0.4, 0.5) is 5.82 Å². The van der Waals surface area contributed by atoms with E-state index in [1.807, 2.05) is 60.2 Å². The lowest BCUT2D eigenvalue weighted by Gasteiger charge is -2.17. The standard InChI is InChI=1S/C14H17N7/c1-12-6-9-21(18-12)14-5-4-13(16-17-14)19(2)10-11-20-8-3-7-15-20/h3-9H,10-11H2,1-2H3. The van der Waals surface area contributed by atoms with Crippen molar-refractivity contribution in [3.8, 4) is 5.82 Å². The highest BCUT2D eigenvalue weighted by atomic mass is 15.4. The summed E-state index contributed by atoms with van der Waals surface area (Å²) in [4.78, 5) is 2.05. The number of aromatic nitrogens is 6. The summed E-state index contributed by atoms with van der Waals surface area (Å²) in [5.74, 6) is 1.54. The minimum Gasteiger partial charge on any atom is -0.356 e. The number of aryl methyl sites for hydroxylation is 1. The Morgan fingerprint density at radius 3 is 2.67 bits per heavy atom. The molecule has 0 radical (unpaired) electrons. The van der Waals surface area contributed by atoms with Gasteiger partial charge in [-0.25, -0.2) is 4.68 Å². The lowest BCUT2D eigenvalue weighted by Crippen LogP contribution is -2.24. The summed E-state index contributed by atoms with van der Waals surface area (Å²) in [6.07, 6.45) is 5.60. The summed E-state index contributed by atoms with van der Waals surface area (Å²) in [6, 6.07) is 7.72. The van der Waals surface area contributed by atoms with E-state index in [4.69, 9.17) is 0 Å². The fourth-order valence-electron chi connectivity index (χ4n) is 1.99. The molecule has 7 nitrogen and oxygen atoms in total. The Morgan fingerprint density at radius 1 is 1.14 bits per heavy atom. The molecule has 0 unspecified atom stereocenters. The first kappa shape index (κ1) is 13.3. The van der Waals surface area contributed by atoms with Crippen LogP contribution in [0.5, 0.6) is 0 Å². The topological polar surface area (TPSA) is 64.7 Å². The molecular formula is C14H17N7. The maximum Gasteiger partial charge on any atom is 0.175 e. The zero-order valence-electron chi connectivity index (χ0n) is 12.1. The lowest BCUT2D eigenvalue weighted by molar-refractivity contribution is 0.608. The molecule has 0 bridgehead atoms. The van der Waals surface area contributed by atoms with Crippen molar-refractivity contribution in [2.75, 3.05) is 18.5 Å². The quantitative estimate of drug-likeness (QED) is 0.706. The van der Waals surface area contributed by atoms with Gasteiger partial charge in [-0.05, 0) is 31.2 Å². The maximum absolute atomic E-state index is 4.31. The maximum atomic E-state index is 4.31. The Labute approximate surface area is 122 Å². The molecule has 3 rings (SSSR count). The molecule has 0 aliphatic rings. The van der Waals surface area contributed by atoms with Crippen LogP contribution in [0.25, 0.3) is 5.82 Å². The minimum atomic E-state index is 0.715. The molecule has 0 amide bonds. The van der Waals surface area contributed by atoms with Crippen LogP contribution >= 0.6 is 0 Å². The van der Waals surface area contributed by atoms with Gasteiger partial charge in [-0.15, -0.1) is 10.2 Å². The number of rotatable bonds is 5. The van der Waals surface area contributed by atoms with E-state index in [9.17, 15) is 0 Å². The molecule has 0 saturated carbocycles. The Bertz CT molecular complexity index is 684. The first-order valence-corrected chi connectivity index (χ1v) is 6.77. The van der Waals surface area contributed by atoms with Gasteiger partial charge in [0, 0.05) is 32.2 Å². The number of anilines is 1. The van der Waals surface area contributed by atoms with Gasteiger partial charge in [0.1, 0.15) is 0 Å². The molecule has 0 aliphatic carbocycles. The summed E-state index contributed by atoms with van der Waals surface area (Å²) >= 11 is 0. The second-order valence-electron chi connectivity index (χ2n) is 4.84. The molecule has 0 fully saturated rings. The third-order valence-corrected chi connectivity index (χ3v) is 3.21. The predicted octanol–water partition coefficient (Wildman–Crippen LogP) is 1.30. The molecule has 0 aromatic carbocycles. The Kier molecular flexibility index (Phi) is 3.63. The fraction of sp³-hybridized carbons (Fsp3) is 0.286. The highest BCUT2D eigenvalue weighted by molar-refractivity contribution is 5.38. The van der Waals surface area contributed by atoms with Crippen molar-refractivity contribution in [1.29, 1.82) is 0 Å². The van der Waals surface area contributed by atoms with Gasteiger partial charge in [0.25, 0.3) is 0 Å². The monoisotopic (exact) mass is 283 g/mol. The highest BCUT2D eigenvalue weighted by Gasteiger charge is 2.05. The summed E-state index contributed by atoms with van der Waals surface area (Å²) in [7, 11) is 1.99. The van der Waals surface area contributed by atoms with Gasteiger partial charge in [0.05, 0.1) is 12.2 Å². The van der Waals surface area contributed by atoms with Gasteiger partial charge in [-0.2, -0.15) is 10.2 Å². The van der Waals surface area contributed by atoms with E-state index in [-0.39, 0.29) is 0 Å². The van der Waals surface area contributed by atoms with Crippen molar-refractivity contribution in [3.63, 3.8) is 0 Å². The summed E-state index contributed by atoms with van der Waals surface area (Å²) in [5, 5.41) is 17.0. The average Bonchev–Trinajstić information content (AvgIpc) is 3.16. The first-order chi connectivity index (χ1) is 10.2. The van der Waals surface area contributed by atoms with Gasteiger partial charge in [-0.3, -0.25) is 4.68 Å². The van der Waals surface area contributed by atoms with Gasteiger partial charge >= 0.3 is 0 Å². The molecule has 0 N–H and O–H groups in total. The van der Waals surface area contributed by atoms with Crippen molar-refractivity contribution in [2.45, 2.75) is 13.5 Å². The van der Waals surface area contributed by atoms with E-state index in [0.29, 0.717) is 5.82 Å². The van der Waals surface area contributed by atoms with E-state index in [1.165, 1.54) is 0 Å². The van der Waals surface area contributed by atoms with Crippen LogP contribution in [-0.2, 0) is 6.54 Å². The molecule has 3 aromatic rings. The molecule has 0 spiro atoms. The number of hydrogen-bond acceptors (Lipinski definition) is 5. The fourth-order valence-corrected chi connectivity index (χ4v) is 1.99. The second kappa shape index (κ2) is 5.74. The highest BCUT2D eigenvalue weighted by Crippen LogP contribution is 2.10. The number of hydrogen-bond donors (Lipinski definition) is 0. The van der Waals surface area contributed by atoms with Gasteiger partial charge in [0.2, 0.25) is 0 Å². The number of nitrogens with zero attached hydrogens (tertiary/aromatic N) is 7. The zero-order valence-corrected chi connectivity index (χ0v) is 12.1. The smallest absolute Gasteiger partial charge is 0.175 e. The first-order valence-electron chi connectivity index (χ1n) is 6.77. The van der Waals surface area contributed by atoms with Gasteiger partial charge in [0.15, 0.2) is 11.6 Å². The average molecular weight is 283 g/mol.